The van der Waals surface area contributed by atoms with Crippen molar-refractivity contribution in [1.82, 2.24) is 0 Å². The van der Waals surface area contributed by atoms with Gasteiger partial charge in [-0.25, -0.2) is 0 Å². The van der Waals surface area contributed by atoms with Crippen molar-refractivity contribution in [3.8, 4) is 0 Å². The molecule has 0 aromatic carbocycles. The summed E-state index contributed by atoms with van der Waals surface area (Å²) >= 11 is 0. The largest absolute Gasteiger partial charge is 0.181 e. The van der Waals surface area contributed by atoms with Gasteiger partial charge in [0.15, 0.2) is 0 Å². The zero-order chi connectivity index (χ0) is 7.68. The van der Waals surface area contributed by atoms with Crippen molar-refractivity contribution in [2.75, 3.05) is 0 Å². The van der Waals surface area contributed by atoms with Crippen LogP contribution in [0.3, 0.4) is 0 Å². The fourth-order valence-corrected chi connectivity index (χ4v) is 1.35. The van der Waals surface area contributed by atoms with E-state index in [1.807, 2.05) is 0 Å². The molecule has 2 rings (SSSR count). The van der Waals surface area contributed by atoms with E-state index in [9.17, 15) is 0 Å². The maximum Gasteiger partial charge on any atom is 0.0996 e. The third-order valence-corrected chi connectivity index (χ3v) is 1.98. The van der Waals surface area contributed by atoms with Gasteiger partial charge in [0.05, 0.1) is 6.04 Å². The van der Waals surface area contributed by atoms with Crippen molar-refractivity contribution in [2.24, 2.45) is 16.1 Å². The molecule has 1 aliphatic carbocycles. The summed E-state index contributed by atoms with van der Waals surface area (Å²) in [5.74, 6) is 0.441. The maximum atomic E-state index is 4.11. The zero-order valence-corrected chi connectivity index (χ0v) is 6.44. The number of allylic oxidation sites excluding steroid dienone is 2. The van der Waals surface area contributed by atoms with E-state index in [0.717, 1.165) is 0 Å². The second-order valence-electron chi connectivity index (χ2n) is 2.91. The van der Waals surface area contributed by atoms with Crippen LogP contribution in [0.4, 0.5) is 0 Å². The third kappa shape index (κ3) is 1.16. The molecule has 0 radical (unpaired) electrons. The summed E-state index contributed by atoms with van der Waals surface area (Å²) in [4.78, 5) is 0. The Labute approximate surface area is 66.0 Å². The molecule has 2 nitrogen and oxygen atoms in total. The first-order chi connectivity index (χ1) is 5.36. The summed E-state index contributed by atoms with van der Waals surface area (Å²) in [6, 6.07) is 0.255. The van der Waals surface area contributed by atoms with Crippen LogP contribution < -0.4 is 0 Å². The third-order valence-electron chi connectivity index (χ3n) is 1.98. The molecule has 0 fully saturated rings. The van der Waals surface area contributed by atoms with Crippen molar-refractivity contribution < 1.29 is 0 Å². The van der Waals surface area contributed by atoms with E-state index in [1.54, 1.807) is 6.20 Å². The van der Waals surface area contributed by atoms with Gasteiger partial charge in [-0.2, -0.15) is 10.2 Å². The Bertz CT molecular complexity index is 271. The minimum atomic E-state index is 0.255. The molecule has 2 aliphatic rings. The first-order valence-electron chi connectivity index (χ1n) is 3.79. The molecular formula is C9H10N2. The highest BCUT2D eigenvalue weighted by Crippen LogP contribution is 2.23. The lowest BCUT2D eigenvalue weighted by Crippen LogP contribution is -2.16. The molecule has 0 N–H and O–H groups in total. The predicted molar refractivity (Wildman–Crippen MR) is 44.2 cm³/mol. The lowest BCUT2D eigenvalue weighted by molar-refractivity contribution is 0.630. The number of hydrogen-bond donors (Lipinski definition) is 0. The van der Waals surface area contributed by atoms with Gasteiger partial charge >= 0.3 is 0 Å². The van der Waals surface area contributed by atoms with Gasteiger partial charge < -0.3 is 0 Å². The van der Waals surface area contributed by atoms with E-state index in [-0.39, 0.29) is 6.04 Å². The Kier molecular flexibility index (Phi) is 1.46. The Hall–Kier alpha value is -1.18. The molecular weight excluding hydrogens is 136 g/mol. The lowest BCUT2D eigenvalue weighted by Gasteiger charge is -2.19. The van der Waals surface area contributed by atoms with E-state index >= 15 is 0 Å². The quantitative estimate of drug-likeness (QED) is 0.501. The van der Waals surface area contributed by atoms with Crippen LogP contribution >= 0.6 is 0 Å². The standard InChI is InChI=1S/C9H10N2/c1-7-2-3-8-4-5-10-11-9(8)6-7/h2-6,8-9H,1H3. The molecule has 0 saturated carbocycles. The molecule has 0 aromatic heterocycles. The van der Waals surface area contributed by atoms with Gasteiger partial charge in [0, 0.05) is 12.1 Å². The minimum absolute atomic E-state index is 0.255. The number of hydrogen-bond acceptors (Lipinski definition) is 2. The van der Waals surface area contributed by atoms with Crippen LogP contribution in [0.25, 0.3) is 0 Å². The van der Waals surface area contributed by atoms with E-state index in [4.69, 9.17) is 0 Å². The normalized spacial score (nSPS) is 33.4. The summed E-state index contributed by atoms with van der Waals surface area (Å²) in [5, 5.41) is 7.97. The summed E-state index contributed by atoms with van der Waals surface area (Å²) in [6.45, 7) is 2.08. The summed E-state index contributed by atoms with van der Waals surface area (Å²) < 4.78 is 0. The molecule has 0 bridgehead atoms. The minimum Gasteiger partial charge on any atom is -0.181 e. The molecule has 0 aromatic rings. The van der Waals surface area contributed by atoms with E-state index in [2.05, 4.69) is 41.5 Å². The van der Waals surface area contributed by atoms with Crippen LogP contribution in [0.1, 0.15) is 6.92 Å². The van der Waals surface area contributed by atoms with Gasteiger partial charge in [-0.05, 0) is 6.92 Å². The van der Waals surface area contributed by atoms with Crippen LogP contribution in [-0.4, -0.2) is 6.04 Å². The zero-order valence-electron chi connectivity index (χ0n) is 6.44. The van der Waals surface area contributed by atoms with Crippen LogP contribution in [0.5, 0.6) is 0 Å². The Morgan fingerprint density at radius 3 is 3.18 bits per heavy atom. The highest BCUT2D eigenvalue weighted by molar-refractivity contribution is 5.29. The van der Waals surface area contributed by atoms with Crippen molar-refractivity contribution in [3.05, 3.63) is 36.1 Å². The van der Waals surface area contributed by atoms with Gasteiger partial charge in [0.1, 0.15) is 0 Å². The van der Waals surface area contributed by atoms with Crippen LogP contribution in [0.2, 0.25) is 0 Å². The first kappa shape index (κ1) is 6.53. The molecule has 2 unspecified atom stereocenters. The number of nitrogens with zero attached hydrogens (tertiary/aromatic N) is 2. The summed E-state index contributed by atoms with van der Waals surface area (Å²) in [7, 11) is 0. The van der Waals surface area contributed by atoms with E-state index < -0.39 is 0 Å². The molecule has 0 saturated heterocycles. The number of azo groups is 1. The summed E-state index contributed by atoms with van der Waals surface area (Å²) in [5.41, 5.74) is 1.28. The first-order valence-corrected chi connectivity index (χ1v) is 3.79. The molecule has 0 amide bonds. The topological polar surface area (TPSA) is 24.7 Å². The Morgan fingerprint density at radius 1 is 1.36 bits per heavy atom. The number of rotatable bonds is 0. The second-order valence-corrected chi connectivity index (χ2v) is 2.91. The van der Waals surface area contributed by atoms with Gasteiger partial charge in [-0.15, -0.1) is 0 Å². The highest BCUT2D eigenvalue weighted by Gasteiger charge is 2.18. The average molecular weight is 146 g/mol. The van der Waals surface area contributed by atoms with Gasteiger partial charge in [0.2, 0.25) is 0 Å². The average Bonchev–Trinajstić information content (AvgIpc) is 2.04. The highest BCUT2D eigenvalue weighted by atomic mass is 15.1. The Balaban J connectivity index is 2.29. The van der Waals surface area contributed by atoms with Crippen molar-refractivity contribution >= 4 is 0 Å². The Morgan fingerprint density at radius 2 is 2.27 bits per heavy atom. The molecule has 1 aliphatic heterocycles. The fourth-order valence-electron chi connectivity index (χ4n) is 1.35. The second kappa shape index (κ2) is 2.46. The maximum absolute atomic E-state index is 4.11. The van der Waals surface area contributed by atoms with Crippen LogP contribution in [-0.2, 0) is 0 Å². The van der Waals surface area contributed by atoms with Gasteiger partial charge in [-0.3, -0.25) is 0 Å². The van der Waals surface area contributed by atoms with Crippen LogP contribution in [0.15, 0.2) is 46.3 Å². The summed E-state index contributed by atoms with van der Waals surface area (Å²) in [6.07, 6.45) is 10.3. The lowest BCUT2D eigenvalue weighted by atomic mass is 9.92. The van der Waals surface area contributed by atoms with E-state index in [0.29, 0.717) is 5.92 Å². The van der Waals surface area contributed by atoms with Crippen molar-refractivity contribution in [1.29, 1.82) is 0 Å². The van der Waals surface area contributed by atoms with Crippen molar-refractivity contribution in [3.63, 3.8) is 0 Å². The molecule has 2 heteroatoms. The molecule has 2 atom stereocenters. The smallest absolute Gasteiger partial charge is 0.0996 e. The van der Waals surface area contributed by atoms with Gasteiger partial charge in [0.25, 0.3) is 0 Å². The van der Waals surface area contributed by atoms with Crippen molar-refractivity contribution in [2.45, 2.75) is 13.0 Å². The molecule has 11 heavy (non-hydrogen) atoms. The predicted octanol–water partition coefficient (Wildman–Crippen LogP) is 2.47. The molecule has 0 spiro atoms. The molecule has 56 valence electrons. The SMILES string of the molecule is CC1=CC2N=NC=CC2C=C1. The van der Waals surface area contributed by atoms with Crippen LogP contribution in [0, 0.1) is 5.92 Å². The number of fused-ring (bicyclic) bond motifs is 1. The fraction of sp³-hybridized carbons (Fsp3) is 0.333. The molecule has 1 heterocycles. The van der Waals surface area contributed by atoms with E-state index in [1.165, 1.54) is 5.57 Å². The monoisotopic (exact) mass is 146 g/mol. The van der Waals surface area contributed by atoms with Gasteiger partial charge in [-0.1, -0.05) is 29.9 Å².